The van der Waals surface area contributed by atoms with E-state index in [0.717, 1.165) is 39.3 Å². The predicted octanol–water partition coefficient (Wildman–Crippen LogP) is -0.984. The Morgan fingerprint density at radius 2 is 1.81 bits per heavy atom. The van der Waals surface area contributed by atoms with E-state index in [4.69, 9.17) is 11.0 Å². The van der Waals surface area contributed by atoms with Gasteiger partial charge in [-0.1, -0.05) is 0 Å². The molecule has 0 aromatic heterocycles. The van der Waals surface area contributed by atoms with Gasteiger partial charge in [0.25, 0.3) is 0 Å². The van der Waals surface area contributed by atoms with Gasteiger partial charge < -0.3 is 10.6 Å². The Labute approximate surface area is 98.4 Å². The van der Waals surface area contributed by atoms with Crippen molar-refractivity contribution in [1.29, 1.82) is 5.26 Å². The van der Waals surface area contributed by atoms with Gasteiger partial charge in [-0.2, -0.15) is 5.26 Å². The number of hydrogen-bond donors (Lipinski definition) is 1. The number of nitrogens with zero attached hydrogens (tertiary/aromatic N) is 4. The highest BCUT2D eigenvalue weighted by Gasteiger charge is 2.18. The van der Waals surface area contributed by atoms with Gasteiger partial charge >= 0.3 is 0 Å². The fraction of sp³-hybridized carbons (Fsp3) is 0.909. The van der Waals surface area contributed by atoms with Gasteiger partial charge in [-0.25, -0.2) is 0 Å². The van der Waals surface area contributed by atoms with Gasteiger partial charge in [0.1, 0.15) is 6.04 Å². The van der Waals surface area contributed by atoms with Crippen molar-refractivity contribution in [3.05, 3.63) is 0 Å². The zero-order valence-corrected chi connectivity index (χ0v) is 10.4. The Kier molecular flexibility index (Phi) is 5.71. The quantitative estimate of drug-likeness (QED) is 0.651. The summed E-state index contributed by atoms with van der Waals surface area (Å²) >= 11 is 0. The lowest BCUT2D eigenvalue weighted by atomic mass is 10.2. The number of nitrogens with two attached hydrogens (primary N) is 1. The minimum atomic E-state index is -0.340. The van der Waals surface area contributed by atoms with Crippen molar-refractivity contribution in [2.75, 3.05) is 59.9 Å². The highest BCUT2D eigenvalue weighted by atomic mass is 15.3. The van der Waals surface area contributed by atoms with Gasteiger partial charge in [0.05, 0.1) is 6.07 Å². The summed E-state index contributed by atoms with van der Waals surface area (Å²) in [5.41, 5.74) is 5.61. The number of likely N-dealkylation sites (N-methyl/N-ethyl adjacent to an activating group) is 1. The van der Waals surface area contributed by atoms with Crippen LogP contribution in [0.3, 0.4) is 0 Å². The SMILES string of the molecule is CN(C)CCN1CCN(CC(N)C#N)CC1. The van der Waals surface area contributed by atoms with E-state index in [0.29, 0.717) is 6.54 Å². The Morgan fingerprint density at radius 3 is 2.31 bits per heavy atom. The summed E-state index contributed by atoms with van der Waals surface area (Å²) in [6.45, 7) is 7.18. The maximum Gasteiger partial charge on any atom is 0.106 e. The summed E-state index contributed by atoms with van der Waals surface area (Å²) in [7, 11) is 4.20. The van der Waals surface area contributed by atoms with E-state index in [1.54, 1.807) is 0 Å². The number of nitriles is 1. The smallest absolute Gasteiger partial charge is 0.106 e. The molecule has 1 atom stereocenters. The molecule has 1 fully saturated rings. The van der Waals surface area contributed by atoms with Crippen LogP contribution in [0.2, 0.25) is 0 Å². The maximum absolute atomic E-state index is 8.65. The molecule has 1 heterocycles. The van der Waals surface area contributed by atoms with Crippen molar-refractivity contribution in [2.45, 2.75) is 6.04 Å². The van der Waals surface area contributed by atoms with Gasteiger partial charge in [-0.15, -0.1) is 0 Å². The summed E-state index contributed by atoms with van der Waals surface area (Å²) in [6.07, 6.45) is 0. The van der Waals surface area contributed by atoms with Crippen LogP contribution in [0.1, 0.15) is 0 Å². The zero-order valence-electron chi connectivity index (χ0n) is 10.4. The fourth-order valence-electron chi connectivity index (χ4n) is 1.86. The van der Waals surface area contributed by atoms with Crippen LogP contribution in [0.25, 0.3) is 0 Å². The summed E-state index contributed by atoms with van der Waals surface area (Å²) in [5, 5.41) is 8.65. The highest BCUT2D eigenvalue weighted by molar-refractivity contribution is 4.90. The van der Waals surface area contributed by atoms with Crippen LogP contribution in [0.4, 0.5) is 0 Å². The van der Waals surface area contributed by atoms with E-state index in [1.807, 2.05) is 0 Å². The van der Waals surface area contributed by atoms with Crippen LogP contribution in [0, 0.1) is 11.3 Å². The van der Waals surface area contributed by atoms with E-state index in [2.05, 4.69) is 34.9 Å². The fourth-order valence-corrected chi connectivity index (χ4v) is 1.86. The Hall–Kier alpha value is -0.670. The summed E-state index contributed by atoms with van der Waals surface area (Å²) < 4.78 is 0. The van der Waals surface area contributed by atoms with Crippen LogP contribution < -0.4 is 5.73 Å². The first-order chi connectivity index (χ1) is 7.61. The molecule has 0 spiro atoms. The monoisotopic (exact) mass is 225 g/mol. The van der Waals surface area contributed by atoms with Crippen LogP contribution >= 0.6 is 0 Å². The summed E-state index contributed by atoms with van der Waals surface area (Å²) in [4.78, 5) is 6.95. The van der Waals surface area contributed by atoms with Gasteiger partial charge in [0, 0.05) is 45.8 Å². The molecule has 1 rings (SSSR count). The number of piperazine rings is 1. The molecular formula is C11H23N5. The average molecular weight is 225 g/mol. The lowest BCUT2D eigenvalue weighted by Gasteiger charge is -2.35. The van der Waals surface area contributed by atoms with Crippen molar-refractivity contribution < 1.29 is 0 Å². The molecule has 0 aromatic rings. The molecule has 1 unspecified atom stereocenters. The Morgan fingerprint density at radius 1 is 1.25 bits per heavy atom. The maximum atomic E-state index is 8.65. The van der Waals surface area contributed by atoms with Gasteiger partial charge in [0.15, 0.2) is 0 Å². The minimum Gasteiger partial charge on any atom is -0.315 e. The normalized spacial score (nSPS) is 20.9. The van der Waals surface area contributed by atoms with Crippen molar-refractivity contribution in [2.24, 2.45) is 5.73 Å². The first-order valence-electron chi connectivity index (χ1n) is 5.86. The average Bonchev–Trinajstić information content (AvgIpc) is 2.28. The third-order valence-corrected chi connectivity index (χ3v) is 2.95. The first kappa shape index (κ1) is 13.4. The van der Waals surface area contributed by atoms with E-state index in [-0.39, 0.29) is 6.04 Å². The molecule has 0 saturated carbocycles. The molecule has 1 aliphatic heterocycles. The first-order valence-corrected chi connectivity index (χ1v) is 5.86. The second-order valence-corrected chi connectivity index (χ2v) is 4.68. The van der Waals surface area contributed by atoms with E-state index >= 15 is 0 Å². The summed E-state index contributed by atoms with van der Waals surface area (Å²) in [5.74, 6) is 0. The van der Waals surface area contributed by atoms with E-state index in [1.165, 1.54) is 0 Å². The third kappa shape index (κ3) is 4.90. The molecule has 5 heteroatoms. The lowest BCUT2D eigenvalue weighted by Crippen LogP contribution is -2.50. The molecule has 0 bridgehead atoms. The molecule has 0 aromatic carbocycles. The molecule has 1 aliphatic rings. The van der Waals surface area contributed by atoms with Gasteiger partial charge in [-0.3, -0.25) is 9.80 Å². The van der Waals surface area contributed by atoms with E-state index < -0.39 is 0 Å². The number of rotatable bonds is 5. The summed E-state index contributed by atoms with van der Waals surface area (Å²) in [6, 6.07) is 1.74. The molecule has 16 heavy (non-hydrogen) atoms. The lowest BCUT2D eigenvalue weighted by molar-refractivity contribution is 0.124. The molecule has 1 saturated heterocycles. The highest BCUT2D eigenvalue weighted by Crippen LogP contribution is 2.01. The van der Waals surface area contributed by atoms with Crippen LogP contribution in [-0.4, -0.2) is 80.7 Å². The Balaban J connectivity index is 2.16. The molecule has 0 amide bonds. The second kappa shape index (κ2) is 6.81. The van der Waals surface area contributed by atoms with Gasteiger partial charge in [-0.05, 0) is 14.1 Å². The van der Waals surface area contributed by atoms with Crippen LogP contribution in [0.15, 0.2) is 0 Å². The van der Waals surface area contributed by atoms with Crippen molar-refractivity contribution >= 4 is 0 Å². The van der Waals surface area contributed by atoms with Crippen molar-refractivity contribution in [3.63, 3.8) is 0 Å². The van der Waals surface area contributed by atoms with Crippen molar-refractivity contribution in [3.8, 4) is 6.07 Å². The standard InChI is InChI=1S/C11H23N5/c1-14(2)3-4-15-5-7-16(8-6-15)10-11(13)9-12/h11H,3-8,10,13H2,1-2H3. The molecule has 5 nitrogen and oxygen atoms in total. The van der Waals surface area contributed by atoms with Crippen LogP contribution in [-0.2, 0) is 0 Å². The van der Waals surface area contributed by atoms with Crippen molar-refractivity contribution in [1.82, 2.24) is 14.7 Å². The minimum absolute atomic E-state index is 0.340. The molecule has 0 radical (unpaired) electrons. The zero-order chi connectivity index (χ0) is 12.0. The Bertz CT molecular complexity index is 227. The predicted molar refractivity (Wildman–Crippen MR) is 65.0 cm³/mol. The third-order valence-electron chi connectivity index (χ3n) is 2.95. The molecule has 0 aliphatic carbocycles. The number of hydrogen-bond acceptors (Lipinski definition) is 5. The molecular weight excluding hydrogens is 202 g/mol. The molecule has 92 valence electrons. The topological polar surface area (TPSA) is 59.5 Å². The second-order valence-electron chi connectivity index (χ2n) is 4.68. The largest absolute Gasteiger partial charge is 0.315 e. The van der Waals surface area contributed by atoms with Gasteiger partial charge in [0.2, 0.25) is 0 Å². The van der Waals surface area contributed by atoms with E-state index in [9.17, 15) is 0 Å². The van der Waals surface area contributed by atoms with Crippen LogP contribution in [0.5, 0.6) is 0 Å². The molecule has 2 N–H and O–H groups in total.